The van der Waals surface area contributed by atoms with Crippen LogP contribution in [0.4, 0.5) is 0 Å². The predicted molar refractivity (Wildman–Crippen MR) is 161 cm³/mol. The molecule has 0 aliphatic heterocycles. The molecule has 3 aliphatic rings. The molecule has 1 heterocycles. The number of thioether (sulfide) groups is 1. The van der Waals surface area contributed by atoms with Crippen molar-refractivity contribution in [2.24, 2.45) is 34.0 Å². The number of esters is 1. The van der Waals surface area contributed by atoms with Gasteiger partial charge in [0.15, 0.2) is 12.4 Å². The smallest absolute Gasteiger partial charge is 0.316 e. The number of aliphatic hydroxyl groups is 1. The molecule has 8 atom stereocenters. The van der Waals surface area contributed by atoms with E-state index in [0.717, 1.165) is 30.7 Å². The third kappa shape index (κ3) is 5.82. The predicted octanol–water partition coefficient (Wildman–Crippen LogP) is 6.94. The number of ketones is 1. The van der Waals surface area contributed by atoms with Gasteiger partial charge in [0, 0.05) is 46.6 Å². The average Bonchev–Trinajstić information content (AvgIpc) is 3.30. The molecule has 0 aromatic carbocycles. The van der Waals surface area contributed by atoms with Crippen molar-refractivity contribution in [3.8, 4) is 0 Å². The number of hydrogen-bond donors (Lipinski definition) is 1. The molecule has 0 spiro atoms. The Kier molecular flexibility index (Phi) is 9.92. The molecule has 40 heavy (non-hydrogen) atoms. The monoisotopic (exact) mass is 570 g/mol. The second kappa shape index (κ2) is 12.7. The normalized spacial score (nSPS) is 37.4. The molecule has 3 saturated carbocycles. The number of nitrogens with zero attached hydrogens (tertiary/aromatic N) is 1. The van der Waals surface area contributed by atoms with Gasteiger partial charge in [-0.1, -0.05) is 60.0 Å². The number of carbonyl (C=O) groups excluding carboxylic acids is 2. The fraction of sp³-hybridized carbons (Fsp3) is 0.735. The maximum atomic E-state index is 13.5. The highest BCUT2D eigenvalue weighted by molar-refractivity contribution is 8.00. The lowest BCUT2D eigenvalue weighted by Crippen LogP contribution is -2.63. The highest BCUT2D eigenvalue weighted by Gasteiger charge is 2.68. The van der Waals surface area contributed by atoms with Crippen LogP contribution in [-0.2, 0) is 20.9 Å². The summed E-state index contributed by atoms with van der Waals surface area (Å²) in [5.74, 6) is 0.264. The summed E-state index contributed by atoms with van der Waals surface area (Å²) in [7, 11) is 0. The molecule has 222 valence electrons. The lowest BCUT2D eigenvalue weighted by atomic mass is 9.44. The lowest BCUT2D eigenvalue weighted by molar-refractivity contribution is -0.697. The quantitative estimate of drug-likeness (QED) is 0.103. The SMILES string of the molecule is C=C[C@]1(C)C[C@@H](OC(=O)CSc2cc[n+](CCCCCCC)cc2)[C@]2(C)[C@H](C)CC[C@]3(CCC(=O)[C@H]32)[C@@H](C)[C@@H]1O. The van der Waals surface area contributed by atoms with Gasteiger partial charge in [-0.05, 0) is 49.4 Å². The Hall–Kier alpha value is -1.66. The Labute approximate surface area is 246 Å². The van der Waals surface area contributed by atoms with Crippen LogP contribution in [0, 0.1) is 34.0 Å². The summed E-state index contributed by atoms with van der Waals surface area (Å²) < 4.78 is 8.58. The molecule has 3 aliphatic carbocycles. The van der Waals surface area contributed by atoms with Crippen LogP contribution in [0.3, 0.4) is 0 Å². The Balaban J connectivity index is 1.48. The maximum absolute atomic E-state index is 13.5. The van der Waals surface area contributed by atoms with Crippen LogP contribution in [0.2, 0.25) is 0 Å². The second-order valence-corrected chi connectivity index (χ2v) is 14.6. The molecular formula is C34H52NO4S+. The van der Waals surface area contributed by atoms with Gasteiger partial charge in [0.2, 0.25) is 0 Å². The van der Waals surface area contributed by atoms with Gasteiger partial charge in [-0.15, -0.1) is 18.3 Å². The van der Waals surface area contributed by atoms with E-state index in [1.807, 2.05) is 13.0 Å². The van der Waals surface area contributed by atoms with Crippen molar-refractivity contribution in [1.29, 1.82) is 0 Å². The van der Waals surface area contributed by atoms with Crippen LogP contribution in [-0.4, -0.2) is 34.8 Å². The van der Waals surface area contributed by atoms with Gasteiger partial charge < -0.3 is 9.84 Å². The van der Waals surface area contributed by atoms with Gasteiger partial charge in [0.1, 0.15) is 18.4 Å². The van der Waals surface area contributed by atoms with Crippen LogP contribution in [0.25, 0.3) is 0 Å². The summed E-state index contributed by atoms with van der Waals surface area (Å²) in [6, 6.07) is 4.14. The summed E-state index contributed by atoms with van der Waals surface area (Å²) in [5, 5.41) is 11.7. The van der Waals surface area contributed by atoms with Gasteiger partial charge in [-0.3, -0.25) is 9.59 Å². The molecule has 2 bridgehead atoms. The van der Waals surface area contributed by atoms with Crippen molar-refractivity contribution in [3.63, 3.8) is 0 Å². The number of ether oxygens (including phenoxy) is 1. The first-order valence-electron chi connectivity index (χ1n) is 15.7. The molecule has 0 saturated heterocycles. The minimum absolute atomic E-state index is 0.0248. The first-order valence-corrected chi connectivity index (χ1v) is 16.7. The van der Waals surface area contributed by atoms with Crippen molar-refractivity contribution >= 4 is 23.5 Å². The first kappa shape index (κ1) is 31.3. The zero-order chi connectivity index (χ0) is 29.1. The van der Waals surface area contributed by atoms with Gasteiger partial charge in [0.25, 0.3) is 0 Å². The summed E-state index contributed by atoms with van der Waals surface area (Å²) in [5.41, 5.74) is -1.33. The molecule has 0 amide bonds. The van der Waals surface area contributed by atoms with Crippen molar-refractivity contribution in [2.75, 3.05) is 5.75 Å². The summed E-state index contributed by atoms with van der Waals surface area (Å²) in [6.45, 7) is 15.9. The van der Waals surface area contributed by atoms with E-state index in [9.17, 15) is 14.7 Å². The molecule has 5 nitrogen and oxygen atoms in total. The topological polar surface area (TPSA) is 67.5 Å². The van der Waals surface area contributed by atoms with Crippen LogP contribution in [0.1, 0.15) is 98.8 Å². The van der Waals surface area contributed by atoms with Crippen molar-refractivity contribution in [3.05, 3.63) is 37.2 Å². The molecule has 0 radical (unpaired) electrons. The molecular weight excluding hydrogens is 518 g/mol. The van der Waals surface area contributed by atoms with Crippen LogP contribution in [0.5, 0.6) is 0 Å². The number of carbonyl (C=O) groups is 2. The third-order valence-corrected chi connectivity index (χ3v) is 12.3. The maximum Gasteiger partial charge on any atom is 0.316 e. The largest absolute Gasteiger partial charge is 0.461 e. The number of hydrogen-bond acceptors (Lipinski definition) is 5. The lowest BCUT2D eigenvalue weighted by Gasteiger charge is -2.61. The Bertz CT molecular complexity index is 1060. The number of Topliss-reactive ketones (excluding diaryl/α,β-unsaturated/α-hetero) is 1. The standard InChI is InChI=1S/C34H52NO4S/c1-7-9-10-11-12-19-35-20-15-26(16-21-35)40-23-29(37)39-28-22-32(5,8-2)31(38)25(4)34-17-13-24(3)33(28,6)30(34)27(36)14-18-34/h8,15-16,20-21,24-25,28,30-31,38H,2,7,9-14,17-19,22-23H2,1,3-6H3/q+1/t24-,25+,28-,30+,31+,32-,33+,34+/m1/s1. The van der Waals surface area contributed by atoms with Crippen molar-refractivity contribution in [2.45, 2.75) is 122 Å². The van der Waals surface area contributed by atoms with E-state index in [0.29, 0.717) is 12.8 Å². The molecule has 6 heteroatoms. The van der Waals surface area contributed by atoms with E-state index in [1.165, 1.54) is 43.9 Å². The van der Waals surface area contributed by atoms with E-state index in [1.54, 1.807) is 0 Å². The Morgan fingerprint density at radius 3 is 2.55 bits per heavy atom. The van der Waals surface area contributed by atoms with Gasteiger partial charge in [0.05, 0.1) is 11.9 Å². The fourth-order valence-corrected chi connectivity index (χ4v) is 9.09. The molecule has 0 unspecified atom stereocenters. The minimum atomic E-state index is -0.644. The van der Waals surface area contributed by atoms with Crippen molar-refractivity contribution < 1.29 is 24.0 Å². The van der Waals surface area contributed by atoms with Crippen LogP contribution >= 0.6 is 11.8 Å². The molecule has 4 rings (SSSR count). The molecule has 1 aromatic rings. The van der Waals surface area contributed by atoms with Gasteiger partial charge in [-0.25, -0.2) is 4.57 Å². The van der Waals surface area contributed by atoms with E-state index in [-0.39, 0.29) is 40.7 Å². The summed E-state index contributed by atoms with van der Waals surface area (Å²) >= 11 is 1.49. The summed E-state index contributed by atoms with van der Waals surface area (Å²) in [4.78, 5) is 28.0. The Morgan fingerprint density at radius 1 is 1.18 bits per heavy atom. The van der Waals surface area contributed by atoms with E-state index >= 15 is 0 Å². The Morgan fingerprint density at radius 2 is 1.88 bits per heavy atom. The third-order valence-electron chi connectivity index (χ3n) is 11.3. The van der Waals surface area contributed by atoms with Gasteiger partial charge >= 0.3 is 5.97 Å². The number of aromatic nitrogens is 1. The van der Waals surface area contributed by atoms with Gasteiger partial charge in [-0.2, -0.15) is 0 Å². The minimum Gasteiger partial charge on any atom is -0.461 e. The fourth-order valence-electron chi connectivity index (χ4n) is 8.42. The zero-order valence-corrected chi connectivity index (χ0v) is 26.3. The number of aryl methyl sites for hydroxylation is 1. The van der Waals surface area contributed by atoms with E-state index < -0.39 is 23.0 Å². The number of pyridine rings is 1. The van der Waals surface area contributed by atoms with Crippen LogP contribution in [0.15, 0.2) is 42.1 Å². The highest BCUT2D eigenvalue weighted by atomic mass is 32.2. The van der Waals surface area contributed by atoms with Crippen LogP contribution < -0.4 is 4.57 Å². The average molecular weight is 571 g/mol. The first-order chi connectivity index (χ1) is 19.0. The molecule has 1 N–H and O–H groups in total. The highest BCUT2D eigenvalue weighted by Crippen LogP contribution is 2.68. The van der Waals surface area contributed by atoms with E-state index in [2.05, 4.69) is 63.4 Å². The number of rotatable bonds is 11. The molecule has 1 aromatic heterocycles. The van der Waals surface area contributed by atoms with E-state index in [4.69, 9.17) is 4.74 Å². The second-order valence-electron chi connectivity index (χ2n) is 13.5. The number of unbranched alkanes of at least 4 members (excludes halogenated alkanes) is 4. The molecule has 3 fully saturated rings. The number of aliphatic hydroxyl groups excluding tert-OH is 1. The summed E-state index contributed by atoms with van der Waals surface area (Å²) in [6.07, 6.45) is 15.0. The van der Waals surface area contributed by atoms with Crippen molar-refractivity contribution in [1.82, 2.24) is 0 Å². The zero-order valence-electron chi connectivity index (χ0n) is 25.5.